The molecule has 3 heteroatoms. The lowest BCUT2D eigenvalue weighted by Gasteiger charge is -1.97. The molecule has 0 aromatic heterocycles. The van der Waals surface area contributed by atoms with Crippen molar-refractivity contribution >= 4 is 35.4 Å². The Morgan fingerprint density at radius 3 is 1.67 bits per heavy atom. The summed E-state index contributed by atoms with van der Waals surface area (Å²) >= 11 is 11.8. The van der Waals surface area contributed by atoms with Crippen LogP contribution in [0.4, 0.5) is 0 Å². The molecule has 108 valence electrons. The Kier molecular flexibility index (Phi) is 6.55. The van der Waals surface area contributed by atoms with Crippen molar-refractivity contribution in [2.24, 2.45) is 0 Å². The van der Waals surface area contributed by atoms with Crippen LogP contribution in [0.3, 0.4) is 0 Å². The van der Waals surface area contributed by atoms with Gasteiger partial charge in [-0.15, -0.1) is 0 Å². The largest absolute Gasteiger partial charge is 0.373 e. The van der Waals surface area contributed by atoms with E-state index in [-0.39, 0.29) is 0 Å². The summed E-state index contributed by atoms with van der Waals surface area (Å²) < 4.78 is 5.50. The van der Waals surface area contributed by atoms with Gasteiger partial charge in [0.2, 0.25) is 0 Å². The summed E-state index contributed by atoms with van der Waals surface area (Å²) in [5.41, 5.74) is 2.14. The Labute approximate surface area is 135 Å². The van der Waals surface area contributed by atoms with Gasteiger partial charge in [0.25, 0.3) is 0 Å². The van der Waals surface area contributed by atoms with Crippen molar-refractivity contribution in [3.63, 3.8) is 0 Å². The highest BCUT2D eigenvalue weighted by molar-refractivity contribution is 6.31. The Hall–Kier alpha value is -1.54. The van der Waals surface area contributed by atoms with Gasteiger partial charge >= 0.3 is 0 Å². The first-order valence-corrected chi connectivity index (χ1v) is 7.41. The third-order valence-corrected chi connectivity index (χ3v) is 3.22. The van der Waals surface area contributed by atoms with E-state index in [2.05, 4.69) is 0 Å². The first kappa shape index (κ1) is 15.8. The van der Waals surface area contributed by atoms with E-state index < -0.39 is 0 Å². The molecule has 0 aliphatic carbocycles. The molecule has 0 heterocycles. The van der Waals surface area contributed by atoms with Gasteiger partial charge in [-0.1, -0.05) is 71.8 Å². The van der Waals surface area contributed by atoms with Crippen LogP contribution in [0.25, 0.3) is 12.2 Å². The fourth-order valence-corrected chi connectivity index (χ4v) is 2.19. The van der Waals surface area contributed by atoms with E-state index in [9.17, 15) is 0 Å². The molecule has 0 aliphatic rings. The molecule has 0 saturated carbocycles. The maximum absolute atomic E-state index is 5.91. The number of hydrogen-bond donors (Lipinski definition) is 0. The summed E-state index contributed by atoms with van der Waals surface area (Å²) in [6.07, 6.45) is 7.93. The van der Waals surface area contributed by atoms with Crippen LogP contribution in [0.2, 0.25) is 10.0 Å². The number of ether oxygens (including phenoxy) is 1. The van der Waals surface area contributed by atoms with Crippen LogP contribution >= 0.6 is 23.2 Å². The van der Waals surface area contributed by atoms with Gasteiger partial charge in [0.1, 0.15) is 0 Å². The second kappa shape index (κ2) is 8.68. The lowest BCUT2D eigenvalue weighted by atomic mass is 10.2. The molecule has 0 atom stereocenters. The zero-order valence-electron chi connectivity index (χ0n) is 11.5. The Morgan fingerprint density at radius 2 is 1.24 bits per heavy atom. The summed E-state index contributed by atoms with van der Waals surface area (Å²) in [5, 5.41) is 1.48. The van der Waals surface area contributed by atoms with Crippen LogP contribution in [0.15, 0.2) is 60.7 Å². The maximum atomic E-state index is 5.91. The van der Waals surface area contributed by atoms with Crippen molar-refractivity contribution in [3.05, 3.63) is 81.9 Å². The topological polar surface area (TPSA) is 9.23 Å². The molecular weight excluding hydrogens is 303 g/mol. The summed E-state index contributed by atoms with van der Waals surface area (Å²) in [4.78, 5) is 0. The fourth-order valence-electron chi connectivity index (χ4n) is 1.79. The summed E-state index contributed by atoms with van der Waals surface area (Å²) in [7, 11) is 0. The van der Waals surface area contributed by atoms with Gasteiger partial charge in [0.05, 0.1) is 13.2 Å². The molecule has 0 spiro atoms. The van der Waals surface area contributed by atoms with Crippen LogP contribution in [0, 0.1) is 0 Å². The van der Waals surface area contributed by atoms with Gasteiger partial charge in [-0.25, -0.2) is 0 Å². The Balaban J connectivity index is 1.70. The van der Waals surface area contributed by atoms with E-state index in [0.717, 1.165) is 21.2 Å². The predicted molar refractivity (Wildman–Crippen MR) is 91.8 cm³/mol. The first-order valence-electron chi connectivity index (χ1n) is 6.66. The molecule has 0 fully saturated rings. The van der Waals surface area contributed by atoms with Crippen molar-refractivity contribution in [1.29, 1.82) is 0 Å². The number of benzene rings is 2. The number of rotatable bonds is 6. The molecule has 1 nitrogen and oxygen atoms in total. The highest BCUT2D eigenvalue weighted by Crippen LogP contribution is 2.12. The van der Waals surface area contributed by atoms with Crippen LogP contribution in [-0.2, 0) is 4.74 Å². The fraction of sp³-hybridized carbons (Fsp3) is 0.111. The Morgan fingerprint density at radius 1 is 0.762 bits per heavy atom. The average Bonchev–Trinajstić information content (AvgIpc) is 2.46. The van der Waals surface area contributed by atoms with Crippen LogP contribution in [-0.4, -0.2) is 13.2 Å². The minimum Gasteiger partial charge on any atom is -0.373 e. The number of hydrogen-bond acceptors (Lipinski definition) is 1. The summed E-state index contributed by atoms with van der Waals surface area (Å²) in [6, 6.07) is 15.4. The van der Waals surface area contributed by atoms with Gasteiger partial charge in [0, 0.05) is 10.0 Å². The third kappa shape index (κ3) is 6.17. The molecule has 21 heavy (non-hydrogen) atoms. The lowest BCUT2D eigenvalue weighted by Crippen LogP contribution is -1.90. The van der Waals surface area contributed by atoms with Crippen molar-refractivity contribution in [2.75, 3.05) is 13.2 Å². The lowest BCUT2D eigenvalue weighted by molar-refractivity contribution is 0.195. The monoisotopic (exact) mass is 318 g/mol. The average molecular weight is 319 g/mol. The summed E-state index contributed by atoms with van der Waals surface area (Å²) in [6.45, 7) is 1.12. The van der Waals surface area contributed by atoms with Gasteiger partial charge in [-0.05, 0) is 35.4 Å². The molecule has 0 radical (unpaired) electrons. The molecule has 2 aromatic rings. The highest BCUT2D eigenvalue weighted by Gasteiger charge is 1.89. The zero-order chi connectivity index (χ0) is 14.9. The first-order chi connectivity index (χ1) is 10.2. The van der Waals surface area contributed by atoms with E-state index >= 15 is 0 Å². The minimum absolute atomic E-state index is 0.562. The molecule has 2 rings (SSSR count). The SMILES string of the molecule is Clc1cccc(C=CCOCC=Cc2cccc(Cl)c2)c1. The van der Waals surface area contributed by atoms with Crippen molar-refractivity contribution in [2.45, 2.75) is 0 Å². The van der Waals surface area contributed by atoms with E-state index in [1.165, 1.54) is 0 Å². The molecule has 2 aromatic carbocycles. The van der Waals surface area contributed by atoms with E-state index in [1.54, 1.807) is 0 Å². The third-order valence-electron chi connectivity index (χ3n) is 2.75. The second-order valence-corrected chi connectivity index (χ2v) is 5.33. The standard InChI is InChI=1S/C18H16Cl2O/c19-17-9-1-5-15(13-17)7-3-11-21-12-4-8-16-6-2-10-18(20)14-16/h1-10,13-14H,11-12H2. The van der Waals surface area contributed by atoms with Crippen LogP contribution < -0.4 is 0 Å². The minimum atomic E-state index is 0.562. The molecular formula is C18H16Cl2O. The van der Waals surface area contributed by atoms with Crippen molar-refractivity contribution in [1.82, 2.24) is 0 Å². The Bertz CT molecular complexity index is 577. The second-order valence-electron chi connectivity index (χ2n) is 4.45. The summed E-state index contributed by atoms with van der Waals surface area (Å²) in [5.74, 6) is 0. The van der Waals surface area contributed by atoms with Crippen molar-refractivity contribution in [3.8, 4) is 0 Å². The van der Waals surface area contributed by atoms with Gasteiger partial charge in [-0.3, -0.25) is 0 Å². The van der Waals surface area contributed by atoms with Gasteiger partial charge < -0.3 is 4.74 Å². The smallest absolute Gasteiger partial charge is 0.0655 e. The molecule has 0 N–H and O–H groups in total. The van der Waals surface area contributed by atoms with Crippen molar-refractivity contribution < 1.29 is 4.74 Å². The zero-order valence-corrected chi connectivity index (χ0v) is 13.0. The predicted octanol–water partition coefficient (Wildman–Crippen LogP) is 5.74. The van der Waals surface area contributed by atoms with E-state index in [0.29, 0.717) is 13.2 Å². The molecule has 0 unspecified atom stereocenters. The molecule has 0 amide bonds. The number of halogens is 2. The molecule has 0 bridgehead atoms. The van der Waals surface area contributed by atoms with Gasteiger partial charge in [0.15, 0.2) is 0 Å². The van der Waals surface area contributed by atoms with Crippen LogP contribution in [0.1, 0.15) is 11.1 Å². The normalized spacial score (nSPS) is 11.5. The molecule has 0 aliphatic heterocycles. The maximum Gasteiger partial charge on any atom is 0.0655 e. The highest BCUT2D eigenvalue weighted by atomic mass is 35.5. The quantitative estimate of drug-likeness (QED) is 0.617. The van der Waals surface area contributed by atoms with Gasteiger partial charge in [-0.2, -0.15) is 0 Å². The van der Waals surface area contributed by atoms with E-state index in [1.807, 2.05) is 72.8 Å². The van der Waals surface area contributed by atoms with Crippen LogP contribution in [0.5, 0.6) is 0 Å². The van der Waals surface area contributed by atoms with E-state index in [4.69, 9.17) is 27.9 Å². The molecule has 0 saturated heterocycles.